The highest BCUT2D eigenvalue weighted by atomic mass is 32.1. The van der Waals surface area contributed by atoms with Crippen LogP contribution in [0.3, 0.4) is 0 Å². The van der Waals surface area contributed by atoms with Gasteiger partial charge in [0.15, 0.2) is 4.80 Å². The lowest BCUT2D eigenvalue weighted by Crippen LogP contribution is -2.17. The van der Waals surface area contributed by atoms with Crippen LogP contribution in [-0.4, -0.2) is 4.57 Å². The Balaban J connectivity index is 2.16. The summed E-state index contributed by atoms with van der Waals surface area (Å²) in [7, 11) is 0. The van der Waals surface area contributed by atoms with Crippen LogP contribution in [0.1, 0.15) is 25.5 Å². The standard InChI is InChI=1S/C17H18N2S2/c1-12(2)19-15(16-8-5-9-20-16)11-21-17(19)18-14-7-4-6-13(3)10-14/h4-12H,1-3H3. The first-order chi connectivity index (χ1) is 10.1. The van der Waals surface area contributed by atoms with Gasteiger partial charge in [-0.1, -0.05) is 18.2 Å². The average Bonchev–Trinajstić information content (AvgIpc) is 3.06. The number of thiazole rings is 1. The zero-order chi connectivity index (χ0) is 14.8. The Labute approximate surface area is 133 Å². The van der Waals surface area contributed by atoms with Crippen LogP contribution in [0.25, 0.3) is 10.6 Å². The minimum Gasteiger partial charge on any atom is -0.313 e. The van der Waals surface area contributed by atoms with Gasteiger partial charge in [0.1, 0.15) is 0 Å². The largest absolute Gasteiger partial charge is 0.313 e. The summed E-state index contributed by atoms with van der Waals surface area (Å²) in [6.45, 7) is 6.51. The van der Waals surface area contributed by atoms with Crippen molar-refractivity contribution in [2.24, 2.45) is 4.99 Å². The lowest BCUT2D eigenvalue weighted by molar-refractivity contribution is 0.591. The van der Waals surface area contributed by atoms with E-state index in [1.807, 2.05) is 0 Å². The molecule has 0 saturated heterocycles. The number of aryl methyl sites for hydroxylation is 1. The highest BCUT2D eigenvalue weighted by Crippen LogP contribution is 2.27. The molecule has 0 spiro atoms. The first-order valence-corrected chi connectivity index (χ1v) is 8.76. The van der Waals surface area contributed by atoms with Crippen LogP contribution in [0.2, 0.25) is 0 Å². The van der Waals surface area contributed by atoms with Crippen LogP contribution < -0.4 is 4.80 Å². The highest BCUT2D eigenvalue weighted by molar-refractivity contribution is 7.14. The van der Waals surface area contributed by atoms with Gasteiger partial charge in [0.25, 0.3) is 0 Å². The monoisotopic (exact) mass is 314 g/mol. The van der Waals surface area contributed by atoms with E-state index in [4.69, 9.17) is 4.99 Å². The van der Waals surface area contributed by atoms with Crippen LogP contribution >= 0.6 is 22.7 Å². The Morgan fingerprint density at radius 3 is 2.62 bits per heavy atom. The van der Waals surface area contributed by atoms with Crippen molar-refractivity contribution in [3.05, 3.63) is 57.5 Å². The van der Waals surface area contributed by atoms with E-state index in [9.17, 15) is 0 Å². The van der Waals surface area contributed by atoms with E-state index in [1.54, 1.807) is 22.7 Å². The Morgan fingerprint density at radius 2 is 1.95 bits per heavy atom. The smallest absolute Gasteiger partial charge is 0.190 e. The second-order valence-electron chi connectivity index (χ2n) is 5.30. The van der Waals surface area contributed by atoms with Crippen molar-refractivity contribution >= 4 is 28.4 Å². The Morgan fingerprint density at radius 1 is 1.10 bits per heavy atom. The molecule has 1 aromatic carbocycles. The Bertz CT molecular complexity index is 792. The molecule has 108 valence electrons. The van der Waals surface area contributed by atoms with Crippen LogP contribution in [0.4, 0.5) is 5.69 Å². The first-order valence-electron chi connectivity index (χ1n) is 7.00. The van der Waals surface area contributed by atoms with E-state index in [0.717, 1.165) is 10.5 Å². The zero-order valence-electron chi connectivity index (χ0n) is 12.4. The number of benzene rings is 1. The normalized spacial score (nSPS) is 12.3. The molecule has 0 amide bonds. The number of hydrogen-bond donors (Lipinski definition) is 0. The van der Waals surface area contributed by atoms with Gasteiger partial charge < -0.3 is 4.57 Å². The second-order valence-corrected chi connectivity index (χ2v) is 7.08. The molecule has 0 N–H and O–H groups in total. The van der Waals surface area contributed by atoms with E-state index in [1.165, 1.54) is 16.1 Å². The van der Waals surface area contributed by atoms with Crippen molar-refractivity contribution in [1.29, 1.82) is 0 Å². The molecule has 0 aliphatic carbocycles. The molecule has 0 unspecified atom stereocenters. The van der Waals surface area contributed by atoms with Crippen molar-refractivity contribution < 1.29 is 0 Å². The minimum absolute atomic E-state index is 0.386. The number of thiophene rings is 1. The third kappa shape index (κ3) is 3.01. The summed E-state index contributed by atoms with van der Waals surface area (Å²) in [6.07, 6.45) is 0. The van der Waals surface area contributed by atoms with E-state index in [0.29, 0.717) is 6.04 Å². The third-order valence-electron chi connectivity index (χ3n) is 3.26. The number of rotatable bonds is 3. The first kappa shape index (κ1) is 14.3. The van der Waals surface area contributed by atoms with Crippen LogP contribution in [0.15, 0.2) is 52.2 Å². The summed E-state index contributed by atoms with van der Waals surface area (Å²) in [5, 5.41) is 4.33. The molecule has 0 atom stereocenters. The van der Waals surface area contributed by atoms with E-state index in [-0.39, 0.29) is 0 Å². The van der Waals surface area contributed by atoms with Gasteiger partial charge in [-0.25, -0.2) is 4.99 Å². The fraction of sp³-hybridized carbons (Fsp3) is 0.235. The molecule has 2 aromatic heterocycles. The zero-order valence-corrected chi connectivity index (χ0v) is 14.0. The molecule has 0 bridgehead atoms. The predicted octanol–water partition coefficient (Wildman–Crippen LogP) is 5.40. The molecule has 2 heterocycles. The molecule has 0 radical (unpaired) electrons. The van der Waals surface area contributed by atoms with Gasteiger partial charge in [0.2, 0.25) is 0 Å². The van der Waals surface area contributed by atoms with Crippen molar-refractivity contribution in [3.8, 4) is 10.6 Å². The molecule has 3 rings (SSSR count). The Hall–Kier alpha value is -1.65. The van der Waals surface area contributed by atoms with E-state index in [2.05, 4.69) is 72.5 Å². The molecular formula is C17H18N2S2. The van der Waals surface area contributed by atoms with Crippen LogP contribution in [0.5, 0.6) is 0 Å². The van der Waals surface area contributed by atoms with Crippen LogP contribution in [-0.2, 0) is 0 Å². The fourth-order valence-corrected chi connectivity index (χ4v) is 4.17. The molecule has 0 fully saturated rings. The summed E-state index contributed by atoms with van der Waals surface area (Å²) in [5.41, 5.74) is 3.52. The third-order valence-corrected chi connectivity index (χ3v) is 4.99. The average molecular weight is 314 g/mol. The van der Waals surface area contributed by atoms with Gasteiger partial charge in [-0.2, -0.15) is 0 Å². The molecule has 0 aliphatic heterocycles. The maximum Gasteiger partial charge on any atom is 0.190 e. The molecular weight excluding hydrogens is 296 g/mol. The molecule has 3 aromatic rings. The number of aromatic nitrogens is 1. The lowest BCUT2D eigenvalue weighted by atomic mass is 10.2. The number of hydrogen-bond acceptors (Lipinski definition) is 3. The quantitative estimate of drug-likeness (QED) is 0.616. The summed E-state index contributed by atoms with van der Waals surface area (Å²) >= 11 is 3.48. The highest BCUT2D eigenvalue weighted by Gasteiger charge is 2.11. The summed E-state index contributed by atoms with van der Waals surface area (Å²) in [4.78, 5) is 7.19. The second kappa shape index (κ2) is 6.00. The van der Waals surface area contributed by atoms with Gasteiger partial charge >= 0.3 is 0 Å². The van der Waals surface area contributed by atoms with Gasteiger partial charge in [-0.3, -0.25) is 0 Å². The maximum atomic E-state index is 4.84. The molecule has 2 nitrogen and oxygen atoms in total. The van der Waals surface area contributed by atoms with Crippen molar-refractivity contribution in [3.63, 3.8) is 0 Å². The lowest BCUT2D eigenvalue weighted by Gasteiger charge is -2.11. The molecule has 4 heteroatoms. The molecule has 0 aliphatic rings. The summed E-state index contributed by atoms with van der Waals surface area (Å²) in [5.74, 6) is 0. The Kier molecular flexibility index (Phi) is 4.08. The van der Waals surface area contributed by atoms with Crippen molar-refractivity contribution in [1.82, 2.24) is 4.57 Å². The fourth-order valence-electron chi connectivity index (χ4n) is 2.31. The summed E-state index contributed by atoms with van der Waals surface area (Å²) in [6, 6.07) is 13.0. The van der Waals surface area contributed by atoms with Gasteiger partial charge in [0, 0.05) is 11.4 Å². The molecule has 0 saturated carbocycles. The van der Waals surface area contributed by atoms with Gasteiger partial charge in [0.05, 0.1) is 16.3 Å². The predicted molar refractivity (Wildman–Crippen MR) is 92.4 cm³/mol. The maximum absolute atomic E-state index is 4.84. The van der Waals surface area contributed by atoms with E-state index < -0.39 is 0 Å². The van der Waals surface area contributed by atoms with Crippen LogP contribution in [0, 0.1) is 6.92 Å². The van der Waals surface area contributed by atoms with E-state index >= 15 is 0 Å². The topological polar surface area (TPSA) is 17.3 Å². The molecule has 21 heavy (non-hydrogen) atoms. The van der Waals surface area contributed by atoms with Crippen molar-refractivity contribution in [2.45, 2.75) is 26.8 Å². The minimum atomic E-state index is 0.386. The SMILES string of the molecule is Cc1cccc(N=c2scc(-c3cccs3)n2C(C)C)c1. The van der Waals surface area contributed by atoms with Crippen molar-refractivity contribution in [2.75, 3.05) is 0 Å². The van der Waals surface area contributed by atoms with Gasteiger partial charge in [-0.15, -0.1) is 22.7 Å². The summed E-state index contributed by atoms with van der Waals surface area (Å²) < 4.78 is 2.32. The number of nitrogens with zero attached hydrogens (tertiary/aromatic N) is 2. The van der Waals surface area contributed by atoms with Gasteiger partial charge in [-0.05, 0) is 49.9 Å².